The highest BCUT2D eigenvalue weighted by atomic mass is 35.5. The molecular formula is C14H15ClN2S. The van der Waals surface area contributed by atoms with Gasteiger partial charge in [0.1, 0.15) is 0 Å². The highest BCUT2D eigenvalue weighted by molar-refractivity contribution is 7.13. The Labute approximate surface area is 116 Å². The fourth-order valence-corrected chi connectivity index (χ4v) is 3.47. The van der Waals surface area contributed by atoms with Crippen molar-refractivity contribution in [1.82, 2.24) is 4.98 Å². The highest BCUT2D eigenvalue weighted by Gasteiger charge is 2.16. The first kappa shape index (κ1) is 12.0. The van der Waals surface area contributed by atoms with Gasteiger partial charge in [-0.2, -0.15) is 0 Å². The van der Waals surface area contributed by atoms with E-state index < -0.39 is 0 Å². The number of hydrogen-bond donors (Lipinski definition) is 0. The molecule has 0 saturated heterocycles. The zero-order valence-corrected chi connectivity index (χ0v) is 11.7. The molecule has 1 aromatic carbocycles. The Morgan fingerprint density at radius 2 is 1.83 bits per heavy atom. The molecule has 0 aliphatic carbocycles. The van der Waals surface area contributed by atoms with Crippen LogP contribution >= 0.6 is 22.9 Å². The van der Waals surface area contributed by atoms with Gasteiger partial charge in [0.2, 0.25) is 0 Å². The highest BCUT2D eigenvalue weighted by Crippen LogP contribution is 2.24. The van der Waals surface area contributed by atoms with E-state index in [9.17, 15) is 0 Å². The van der Waals surface area contributed by atoms with Gasteiger partial charge in [-0.05, 0) is 24.0 Å². The van der Waals surface area contributed by atoms with Crippen LogP contribution in [-0.2, 0) is 18.7 Å². The summed E-state index contributed by atoms with van der Waals surface area (Å²) in [5.41, 5.74) is 3.95. The van der Waals surface area contributed by atoms with Crippen LogP contribution in [0.15, 0.2) is 29.6 Å². The largest absolute Gasteiger partial charge is 0.347 e. The van der Waals surface area contributed by atoms with Crippen LogP contribution in [0.25, 0.3) is 0 Å². The van der Waals surface area contributed by atoms with Crippen molar-refractivity contribution in [1.29, 1.82) is 0 Å². The molecule has 0 fully saturated rings. The average molecular weight is 279 g/mol. The molecule has 94 valence electrons. The molecule has 1 aromatic heterocycles. The van der Waals surface area contributed by atoms with Crippen LogP contribution in [0.5, 0.6) is 0 Å². The SMILES string of the molecule is ClCc1csc(N2CCc3ccccc3CC2)n1. The van der Waals surface area contributed by atoms with Crippen molar-refractivity contribution in [3.05, 3.63) is 46.5 Å². The van der Waals surface area contributed by atoms with Gasteiger partial charge in [-0.3, -0.25) is 0 Å². The van der Waals surface area contributed by atoms with Crippen molar-refractivity contribution >= 4 is 28.1 Å². The smallest absolute Gasteiger partial charge is 0.185 e. The summed E-state index contributed by atoms with van der Waals surface area (Å²) >= 11 is 7.51. The molecular weight excluding hydrogens is 264 g/mol. The van der Waals surface area contributed by atoms with Crippen molar-refractivity contribution < 1.29 is 0 Å². The molecule has 1 aliphatic rings. The van der Waals surface area contributed by atoms with Gasteiger partial charge < -0.3 is 4.90 Å². The van der Waals surface area contributed by atoms with Gasteiger partial charge in [-0.25, -0.2) is 4.98 Å². The molecule has 2 heterocycles. The summed E-state index contributed by atoms with van der Waals surface area (Å²) in [5, 5.41) is 3.17. The first-order valence-electron chi connectivity index (χ1n) is 6.19. The van der Waals surface area contributed by atoms with Gasteiger partial charge >= 0.3 is 0 Å². The Balaban J connectivity index is 1.78. The summed E-state index contributed by atoms with van der Waals surface area (Å²) in [6.45, 7) is 2.10. The van der Waals surface area contributed by atoms with E-state index in [1.807, 2.05) is 0 Å². The summed E-state index contributed by atoms with van der Waals surface area (Å²) in [5.74, 6) is 0.505. The molecule has 0 N–H and O–H groups in total. The van der Waals surface area contributed by atoms with E-state index >= 15 is 0 Å². The summed E-state index contributed by atoms with van der Waals surface area (Å²) in [4.78, 5) is 6.95. The van der Waals surface area contributed by atoms with Crippen LogP contribution in [0, 0.1) is 0 Å². The molecule has 3 rings (SSSR count). The molecule has 0 atom stereocenters. The van der Waals surface area contributed by atoms with Crippen LogP contribution in [-0.4, -0.2) is 18.1 Å². The first-order chi connectivity index (χ1) is 8.86. The maximum Gasteiger partial charge on any atom is 0.185 e. The Morgan fingerprint density at radius 1 is 1.17 bits per heavy atom. The molecule has 4 heteroatoms. The number of rotatable bonds is 2. The topological polar surface area (TPSA) is 16.1 Å². The van der Waals surface area contributed by atoms with E-state index in [4.69, 9.17) is 11.6 Å². The number of hydrogen-bond acceptors (Lipinski definition) is 3. The third kappa shape index (κ3) is 2.38. The molecule has 0 spiro atoms. The lowest BCUT2D eigenvalue weighted by Gasteiger charge is -2.18. The maximum atomic E-state index is 5.81. The van der Waals surface area contributed by atoms with Gasteiger partial charge in [0.05, 0.1) is 11.6 Å². The molecule has 2 nitrogen and oxygen atoms in total. The second kappa shape index (κ2) is 5.29. The van der Waals surface area contributed by atoms with E-state index in [0.717, 1.165) is 36.8 Å². The number of nitrogens with zero attached hydrogens (tertiary/aromatic N) is 2. The zero-order valence-electron chi connectivity index (χ0n) is 10.1. The Hall–Kier alpha value is -1.06. The molecule has 0 radical (unpaired) electrons. The molecule has 0 bridgehead atoms. The lowest BCUT2D eigenvalue weighted by molar-refractivity contribution is 0.799. The first-order valence-corrected chi connectivity index (χ1v) is 7.60. The quantitative estimate of drug-likeness (QED) is 0.782. The molecule has 1 aliphatic heterocycles. The van der Waals surface area contributed by atoms with Gasteiger partial charge in [0.25, 0.3) is 0 Å². The van der Waals surface area contributed by atoms with Crippen LogP contribution in [0.3, 0.4) is 0 Å². The summed E-state index contributed by atoms with van der Waals surface area (Å²) in [6, 6.07) is 8.74. The molecule has 0 saturated carbocycles. The molecule has 2 aromatic rings. The number of aromatic nitrogens is 1. The third-order valence-electron chi connectivity index (χ3n) is 3.37. The zero-order chi connectivity index (χ0) is 12.4. The van der Waals surface area contributed by atoms with Crippen molar-refractivity contribution in [3.8, 4) is 0 Å². The van der Waals surface area contributed by atoms with Crippen LogP contribution in [0.4, 0.5) is 5.13 Å². The minimum absolute atomic E-state index is 0.505. The average Bonchev–Trinajstić information content (AvgIpc) is 2.79. The minimum Gasteiger partial charge on any atom is -0.347 e. The fraction of sp³-hybridized carbons (Fsp3) is 0.357. The van der Waals surface area contributed by atoms with E-state index in [0.29, 0.717) is 5.88 Å². The van der Waals surface area contributed by atoms with Crippen molar-refractivity contribution in [3.63, 3.8) is 0 Å². The number of thiazole rings is 1. The van der Waals surface area contributed by atoms with E-state index in [1.165, 1.54) is 11.1 Å². The number of anilines is 1. The van der Waals surface area contributed by atoms with Crippen LogP contribution in [0.1, 0.15) is 16.8 Å². The van der Waals surface area contributed by atoms with Crippen LogP contribution < -0.4 is 4.90 Å². The van der Waals surface area contributed by atoms with Gasteiger partial charge in [-0.15, -0.1) is 22.9 Å². The normalized spacial score (nSPS) is 15.3. The lowest BCUT2D eigenvalue weighted by atomic mass is 10.0. The van der Waals surface area contributed by atoms with E-state index in [1.54, 1.807) is 11.3 Å². The molecule has 0 unspecified atom stereocenters. The van der Waals surface area contributed by atoms with Crippen molar-refractivity contribution in [2.45, 2.75) is 18.7 Å². The maximum absolute atomic E-state index is 5.81. The Kier molecular flexibility index (Phi) is 3.52. The third-order valence-corrected chi connectivity index (χ3v) is 4.59. The van der Waals surface area contributed by atoms with Gasteiger partial charge in [0.15, 0.2) is 5.13 Å². The number of benzene rings is 1. The van der Waals surface area contributed by atoms with Gasteiger partial charge in [-0.1, -0.05) is 24.3 Å². The second-order valence-electron chi connectivity index (χ2n) is 4.51. The number of halogens is 1. The molecule has 18 heavy (non-hydrogen) atoms. The summed E-state index contributed by atoms with van der Waals surface area (Å²) < 4.78 is 0. The van der Waals surface area contributed by atoms with Crippen molar-refractivity contribution in [2.24, 2.45) is 0 Å². The predicted molar refractivity (Wildman–Crippen MR) is 77.7 cm³/mol. The fourth-order valence-electron chi connectivity index (χ4n) is 2.36. The Bertz CT molecular complexity index is 511. The minimum atomic E-state index is 0.505. The van der Waals surface area contributed by atoms with E-state index in [-0.39, 0.29) is 0 Å². The molecule has 0 amide bonds. The monoisotopic (exact) mass is 278 g/mol. The van der Waals surface area contributed by atoms with Gasteiger partial charge in [0, 0.05) is 18.5 Å². The number of alkyl halides is 1. The summed E-state index contributed by atoms with van der Waals surface area (Å²) in [7, 11) is 0. The van der Waals surface area contributed by atoms with Crippen molar-refractivity contribution in [2.75, 3.05) is 18.0 Å². The predicted octanol–water partition coefficient (Wildman–Crippen LogP) is 3.49. The summed E-state index contributed by atoms with van der Waals surface area (Å²) in [6.07, 6.45) is 2.21. The lowest BCUT2D eigenvalue weighted by Crippen LogP contribution is -2.25. The Morgan fingerprint density at radius 3 is 2.39 bits per heavy atom. The standard InChI is InChI=1S/C14H15ClN2S/c15-9-13-10-18-14(16-13)17-7-5-11-3-1-2-4-12(11)6-8-17/h1-4,10H,5-9H2. The van der Waals surface area contributed by atoms with E-state index in [2.05, 4.69) is 39.5 Å². The number of fused-ring (bicyclic) bond motifs is 1. The van der Waals surface area contributed by atoms with Crippen LogP contribution in [0.2, 0.25) is 0 Å². The second-order valence-corrected chi connectivity index (χ2v) is 5.61.